The van der Waals surface area contributed by atoms with Gasteiger partial charge in [-0.15, -0.1) is 0 Å². The summed E-state index contributed by atoms with van der Waals surface area (Å²) >= 11 is 1.34. The lowest BCUT2D eigenvalue weighted by Crippen LogP contribution is -2.30. The first-order chi connectivity index (χ1) is 14.2. The minimum absolute atomic E-state index is 0.138. The number of para-hydroxylation sites is 1. The molecule has 4 rings (SSSR count). The normalized spacial score (nSPS) is 10.8. The Kier molecular flexibility index (Phi) is 5.41. The van der Waals surface area contributed by atoms with Gasteiger partial charge in [0.1, 0.15) is 9.83 Å². The van der Waals surface area contributed by atoms with Gasteiger partial charge in [0.15, 0.2) is 0 Å². The van der Waals surface area contributed by atoms with Gasteiger partial charge in [0.25, 0.3) is 5.56 Å². The number of nitrogens with zero attached hydrogens (tertiary/aromatic N) is 1. The maximum atomic E-state index is 12.7. The van der Waals surface area contributed by atoms with Crippen molar-refractivity contribution < 1.29 is 9.90 Å². The summed E-state index contributed by atoms with van der Waals surface area (Å²) in [6.07, 6.45) is 0. The number of anilines is 1. The lowest BCUT2D eigenvalue weighted by atomic mass is 10.0. The van der Waals surface area contributed by atoms with Gasteiger partial charge < -0.3 is 10.4 Å². The number of pyridine rings is 1. The van der Waals surface area contributed by atoms with Gasteiger partial charge in [0.05, 0.1) is 12.3 Å². The van der Waals surface area contributed by atoms with Crippen LogP contribution in [-0.4, -0.2) is 28.9 Å². The second-order valence-corrected chi connectivity index (χ2v) is 7.34. The smallest absolute Gasteiger partial charge is 0.319 e. The van der Waals surface area contributed by atoms with Crippen LogP contribution in [0.1, 0.15) is 0 Å². The highest BCUT2D eigenvalue weighted by Crippen LogP contribution is 2.42. The molecular weight excluding hydrogens is 386 g/mol. The molecule has 2 aromatic carbocycles. The summed E-state index contributed by atoms with van der Waals surface area (Å²) in [5.74, 6) is 0. The molecule has 0 aliphatic rings. The number of amides is 2. The molecule has 2 amide bonds. The molecule has 146 valence electrons. The van der Waals surface area contributed by atoms with Crippen LogP contribution in [0.2, 0.25) is 0 Å². The Morgan fingerprint density at radius 2 is 1.66 bits per heavy atom. The first-order valence-electron chi connectivity index (χ1n) is 9.14. The minimum atomic E-state index is -0.406. The number of urea groups is 1. The topological polar surface area (TPSA) is 83.4 Å². The molecule has 0 saturated carbocycles. The third-order valence-electron chi connectivity index (χ3n) is 4.44. The van der Waals surface area contributed by atoms with Crippen molar-refractivity contribution in [1.82, 2.24) is 9.88 Å². The lowest BCUT2D eigenvalue weighted by Gasteiger charge is -2.08. The van der Waals surface area contributed by atoms with Crippen LogP contribution >= 0.6 is 11.3 Å². The first kappa shape index (κ1) is 18.9. The Morgan fingerprint density at radius 3 is 2.34 bits per heavy atom. The van der Waals surface area contributed by atoms with Gasteiger partial charge in [0, 0.05) is 23.6 Å². The molecule has 0 aliphatic heterocycles. The van der Waals surface area contributed by atoms with Crippen LogP contribution in [-0.2, 0) is 0 Å². The zero-order valence-corrected chi connectivity index (χ0v) is 16.3. The molecule has 0 atom stereocenters. The number of fused-ring (bicyclic) bond motifs is 1. The number of aliphatic hydroxyl groups excluding tert-OH is 1. The minimum Gasteiger partial charge on any atom is -0.395 e. The van der Waals surface area contributed by atoms with Crippen molar-refractivity contribution in [2.24, 2.45) is 0 Å². The number of thiophene rings is 1. The largest absolute Gasteiger partial charge is 0.395 e. The van der Waals surface area contributed by atoms with E-state index in [1.807, 2.05) is 60.7 Å². The number of rotatable bonds is 5. The molecule has 2 heterocycles. The highest BCUT2D eigenvalue weighted by Gasteiger charge is 2.19. The van der Waals surface area contributed by atoms with Gasteiger partial charge in [-0.3, -0.25) is 14.7 Å². The molecule has 0 bridgehead atoms. The molecule has 0 radical (unpaired) electrons. The molecule has 0 fully saturated rings. The average Bonchev–Trinajstić information content (AvgIpc) is 3.11. The number of benzene rings is 2. The summed E-state index contributed by atoms with van der Waals surface area (Å²) in [7, 11) is 0. The Morgan fingerprint density at radius 1 is 0.966 bits per heavy atom. The zero-order chi connectivity index (χ0) is 20.2. The predicted molar refractivity (Wildman–Crippen MR) is 117 cm³/mol. The molecule has 2 aromatic heterocycles. The maximum absolute atomic E-state index is 12.7. The van der Waals surface area contributed by atoms with E-state index < -0.39 is 6.03 Å². The Labute approximate surface area is 171 Å². The molecule has 3 N–H and O–H groups in total. The number of aliphatic hydroxyl groups is 1. The summed E-state index contributed by atoms with van der Waals surface area (Å²) in [4.78, 5) is 25.7. The first-order valence-corrected chi connectivity index (χ1v) is 9.96. The molecule has 7 heteroatoms. The number of nitrogens with one attached hydrogen (secondary N) is 2. The van der Waals surface area contributed by atoms with Crippen molar-refractivity contribution in [3.05, 3.63) is 83.2 Å². The molecule has 0 unspecified atom stereocenters. The molecule has 0 aliphatic carbocycles. The van der Waals surface area contributed by atoms with E-state index in [-0.39, 0.29) is 18.7 Å². The van der Waals surface area contributed by atoms with Gasteiger partial charge >= 0.3 is 6.03 Å². The summed E-state index contributed by atoms with van der Waals surface area (Å²) in [5, 5.41) is 15.9. The van der Waals surface area contributed by atoms with E-state index in [4.69, 9.17) is 5.11 Å². The zero-order valence-electron chi connectivity index (χ0n) is 15.5. The standard InChI is InChI=1S/C22H19N3O3S/c26-14-13-23-22(28)24-20-19(15-7-3-1-4-8-15)17-11-12-18(27)25(21(17)29-20)16-9-5-2-6-10-16/h1-12,26H,13-14H2,(H2,23,24,28). The lowest BCUT2D eigenvalue weighted by molar-refractivity contribution is 0.245. The van der Waals surface area contributed by atoms with Crippen molar-refractivity contribution in [2.75, 3.05) is 18.5 Å². The van der Waals surface area contributed by atoms with E-state index in [9.17, 15) is 9.59 Å². The van der Waals surface area contributed by atoms with E-state index >= 15 is 0 Å². The molecule has 0 saturated heterocycles. The van der Waals surface area contributed by atoms with Crippen molar-refractivity contribution in [2.45, 2.75) is 0 Å². The van der Waals surface area contributed by atoms with Crippen LogP contribution < -0.4 is 16.2 Å². The molecule has 6 nitrogen and oxygen atoms in total. The Balaban J connectivity index is 1.94. The fraction of sp³-hybridized carbons (Fsp3) is 0.0909. The van der Waals surface area contributed by atoms with Crippen LogP contribution in [0.3, 0.4) is 0 Å². The van der Waals surface area contributed by atoms with E-state index in [1.165, 1.54) is 11.3 Å². The summed E-state index contributed by atoms with van der Waals surface area (Å²) < 4.78 is 1.66. The van der Waals surface area contributed by atoms with E-state index in [0.29, 0.717) is 5.00 Å². The molecular formula is C22H19N3O3S. The van der Waals surface area contributed by atoms with Crippen molar-refractivity contribution in [3.63, 3.8) is 0 Å². The quantitative estimate of drug-likeness (QED) is 0.472. The maximum Gasteiger partial charge on any atom is 0.319 e. The number of carbonyl (C=O) groups excluding carboxylic acids is 1. The highest BCUT2D eigenvalue weighted by atomic mass is 32.1. The Hall–Kier alpha value is -3.42. The van der Waals surface area contributed by atoms with Crippen LogP contribution in [0.4, 0.5) is 9.80 Å². The van der Waals surface area contributed by atoms with Crippen molar-refractivity contribution >= 4 is 32.6 Å². The third kappa shape index (κ3) is 3.78. The monoisotopic (exact) mass is 405 g/mol. The predicted octanol–water partition coefficient (Wildman–Crippen LogP) is 3.83. The third-order valence-corrected chi connectivity index (χ3v) is 5.55. The van der Waals surface area contributed by atoms with Crippen LogP contribution in [0.25, 0.3) is 27.0 Å². The molecule has 29 heavy (non-hydrogen) atoms. The van der Waals surface area contributed by atoms with Gasteiger partial charge in [-0.25, -0.2) is 4.79 Å². The summed E-state index contributed by atoms with van der Waals surface area (Å²) in [6, 6.07) is 22.1. The van der Waals surface area contributed by atoms with Gasteiger partial charge in [0.2, 0.25) is 0 Å². The second kappa shape index (κ2) is 8.30. The van der Waals surface area contributed by atoms with Gasteiger partial charge in [-0.05, 0) is 23.8 Å². The molecule has 4 aromatic rings. The summed E-state index contributed by atoms with van der Waals surface area (Å²) in [5.41, 5.74) is 2.42. The number of hydrogen-bond donors (Lipinski definition) is 3. The second-order valence-electron chi connectivity index (χ2n) is 6.34. The van der Waals surface area contributed by atoms with E-state index in [2.05, 4.69) is 10.6 Å². The van der Waals surface area contributed by atoms with Crippen LogP contribution in [0.15, 0.2) is 77.6 Å². The average molecular weight is 405 g/mol. The molecule has 0 spiro atoms. The van der Waals surface area contributed by atoms with Crippen molar-refractivity contribution in [1.29, 1.82) is 0 Å². The fourth-order valence-electron chi connectivity index (χ4n) is 3.20. The summed E-state index contributed by atoms with van der Waals surface area (Å²) in [6.45, 7) is 0.0189. The van der Waals surface area contributed by atoms with E-state index in [0.717, 1.165) is 27.0 Å². The van der Waals surface area contributed by atoms with Gasteiger partial charge in [-0.2, -0.15) is 0 Å². The van der Waals surface area contributed by atoms with Crippen molar-refractivity contribution in [3.8, 4) is 16.8 Å². The number of aromatic nitrogens is 1. The number of hydrogen-bond acceptors (Lipinski definition) is 4. The Bertz CT molecular complexity index is 1200. The van der Waals surface area contributed by atoms with E-state index in [1.54, 1.807) is 16.7 Å². The van der Waals surface area contributed by atoms with Crippen LogP contribution in [0, 0.1) is 0 Å². The number of carbonyl (C=O) groups is 1. The van der Waals surface area contributed by atoms with Gasteiger partial charge in [-0.1, -0.05) is 59.9 Å². The highest BCUT2D eigenvalue weighted by molar-refractivity contribution is 7.23. The fourth-order valence-corrected chi connectivity index (χ4v) is 4.43. The van der Waals surface area contributed by atoms with Crippen LogP contribution in [0.5, 0.6) is 0 Å². The SMILES string of the molecule is O=C(NCCO)Nc1sc2c(ccc(=O)n2-c2ccccc2)c1-c1ccccc1.